The molecule has 0 spiro atoms. The van der Waals surface area contributed by atoms with Gasteiger partial charge in [0.05, 0.1) is 18.5 Å². The highest BCUT2D eigenvalue weighted by Gasteiger charge is 2.10. The number of para-hydroxylation sites is 1. The van der Waals surface area contributed by atoms with Gasteiger partial charge in [0.1, 0.15) is 11.3 Å². The summed E-state index contributed by atoms with van der Waals surface area (Å²) in [6.45, 7) is 1.88. The van der Waals surface area contributed by atoms with Crippen LogP contribution in [0.2, 0.25) is 0 Å². The molecule has 2 heterocycles. The van der Waals surface area contributed by atoms with Crippen molar-refractivity contribution in [1.29, 1.82) is 0 Å². The summed E-state index contributed by atoms with van der Waals surface area (Å²) in [5, 5.41) is 0. The van der Waals surface area contributed by atoms with Crippen molar-refractivity contribution in [1.82, 2.24) is 9.55 Å². The molecule has 1 aliphatic rings. The van der Waals surface area contributed by atoms with E-state index in [9.17, 15) is 0 Å². The lowest BCUT2D eigenvalue weighted by atomic mass is 10.2. The third-order valence-electron chi connectivity index (χ3n) is 2.65. The second-order valence-corrected chi connectivity index (χ2v) is 3.62. The molecule has 0 saturated heterocycles. The molecule has 0 N–H and O–H groups in total. The van der Waals surface area contributed by atoms with E-state index in [1.807, 2.05) is 24.5 Å². The quantitative estimate of drug-likeness (QED) is 0.633. The molecule has 72 valence electrons. The predicted molar refractivity (Wildman–Crippen MR) is 54.5 cm³/mol. The summed E-state index contributed by atoms with van der Waals surface area (Å²) in [5.41, 5.74) is 2.18. The highest BCUT2D eigenvalue weighted by Crippen LogP contribution is 2.26. The molecule has 0 radical (unpaired) electrons. The first kappa shape index (κ1) is 7.85. The van der Waals surface area contributed by atoms with Crippen LogP contribution in [0, 0.1) is 0 Å². The highest BCUT2D eigenvalue weighted by molar-refractivity contribution is 5.82. The molecule has 0 aliphatic carbocycles. The van der Waals surface area contributed by atoms with E-state index in [-0.39, 0.29) is 0 Å². The maximum absolute atomic E-state index is 5.70. The van der Waals surface area contributed by atoms with E-state index in [2.05, 4.69) is 9.55 Å². The number of hydrogen-bond acceptors (Lipinski definition) is 2. The number of hydrogen-bond donors (Lipinski definition) is 0. The standard InChI is InChI=1S/C11H12N2O/c1-2-7-14-10-5-3-4-9-11(10)13(6-1)8-12-9/h3-5,8H,1-2,6-7H2. The summed E-state index contributed by atoms with van der Waals surface area (Å²) in [5.74, 6) is 0.972. The Morgan fingerprint density at radius 3 is 3.29 bits per heavy atom. The molecule has 2 aromatic rings. The van der Waals surface area contributed by atoms with Gasteiger partial charge < -0.3 is 9.30 Å². The van der Waals surface area contributed by atoms with Crippen molar-refractivity contribution >= 4 is 11.0 Å². The molecule has 3 heteroatoms. The van der Waals surface area contributed by atoms with Crippen molar-refractivity contribution in [3.63, 3.8) is 0 Å². The zero-order chi connectivity index (χ0) is 9.38. The molecule has 0 saturated carbocycles. The Kier molecular flexibility index (Phi) is 1.69. The van der Waals surface area contributed by atoms with Crippen molar-refractivity contribution in [3.8, 4) is 5.75 Å². The van der Waals surface area contributed by atoms with Gasteiger partial charge in [0.2, 0.25) is 0 Å². The molecule has 1 aromatic heterocycles. The number of imidazole rings is 1. The van der Waals surface area contributed by atoms with Crippen LogP contribution >= 0.6 is 0 Å². The molecule has 0 atom stereocenters. The lowest BCUT2D eigenvalue weighted by Gasteiger charge is -2.13. The van der Waals surface area contributed by atoms with Crippen LogP contribution in [0.4, 0.5) is 0 Å². The summed E-state index contributed by atoms with van der Waals surface area (Å²) in [4.78, 5) is 4.36. The summed E-state index contributed by atoms with van der Waals surface area (Å²) < 4.78 is 7.88. The third kappa shape index (κ3) is 1.09. The lowest BCUT2D eigenvalue weighted by molar-refractivity contribution is 0.299. The lowest BCUT2D eigenvalue weighted by Crippen LogP contribution is -2.06. The molecule has 14 heavy (non-hydrogen) atoms. The fourth-order valence-electron chi connectivity index (χ4n) is 1.95. The van der Waals surface area contributed by atoms with Crippen LogP contribution in [0.15, 0.2) is 24.5 Å². The molecule has 1 aliphatic heterocycles. The van der Waals surface area contributed by atoms with E-state index in [1.54, 1.807) is 0 Å². The second-order valence-electron chi connectivity index (χ2n) is 3.62. The van der Waals surface area contributed by atoms with Crippen LogP contribution < -0.4 is 4.74 Å². The van der Waals surface area contributed by atoms with Crippen LogP contribution in [-0.2, 0) is 6.54 Å². The fraction of sp³-hybridized carbons (Fsp3) is 0.364. The van der Waals surface area contributed by atoms with E-state index in [4.69, 9.17) is 4.74 Å². The second kappa shape index (κ2) is 3.01. The smallest absolute Gasteiger partial charge is 0.145 e. The summed E-state index contributed by atoms with van der Waals surface area (Å²) >= 11 is 0. The zero-order valence-corrected chi connectivity index (χ0v) is 7.94. The minimum atomic E-state index is 0.824. The van der Waals surface area contributed by atoms with Gasteiger partial charge in [-0.3, -0.25) is 0 Å². The van der Waals surface area contributed by atoms with Crippen LogP contribution in [0.1, 0.15) is 12.8 Å². The SMILES string of the molecule is c1cc2c3c(c1)ncn3CCCCO2. The van der Waals surface area contributed by atoms with E-state index in [0.717, 1.165) is 36.4 Å². The summed E-state index contributed by atoms with van der Waals surface area (Å²) in [6, 6.07) is 6.04. The normalized spacial score (nSPS) is 16.0. The maximum Gasteiger partial charge on any atom is 0.145 e. The topological polar surface area (TPSA) is 27.1 Å². The molecule has 0 amide bonds. The van der Waals surface area contributed by atoms with Crippen molar-refractivity contribution in [3.05, 3.63) is 24.5 Å². The Labute approximate surface area is 82.3 Å². The van der Waals surface area contributed by atoms with Gasteiger partial charge in [-0.15, -0.1) is 0 Å². The molecular formula is C11H12N2O. The zero-order valence-electron chi connectivity index (χ0n) is 7.94. The Morgan fingerprint density at radius 1 is 1.29 bits per heavy atom. The van der Waals surface area contributed by atoms with Gasteiger partial charge in [0.15, 0.2) is 0 Å². The fourth-order valence-corrected chi connectivity index (χ4v) is 1.95. The third-order valence-corrected chi connectivity index (χ3v) is 2.65. The highest BCUT2D eigenvalue weighted by atomic mass is 16.5. The minimum absolute atomic E-state index is 0.824. The summed E-state index contributed by atoms with van der Waals surface area (Å²) in [6.07, 6.45) is 4.19. The van der Waals surface area contributed by atoms with E-state index in [0.29, 0.717) is 0 Å². The molecule has 3 nitrogen and oxygen atoms in total. The van der Waals surface area contributed by atoms with Crippen molar-refractivity contribution < 1.29 is 4.74 Å². The molecular weight excluding hydrogens is 176 g/mol. The molecule has 0 unspecified atom stereocenters. The van der Waals surface area contributed by atoms with Crippen molar-refractivity contribution in [2.75, 3.05) is 6.61 Å². The molecule has 0 bridgehead atoms. The van der Waals surface area contributed by atoms with Crippen molar-refractivity contribution in [2.45, 2.75) is 19.4 Å². The monoisotopic (exact) mass is 188 g/mol. The van der Waals surface area contributed by atoms with Gasteiger partial charge in [0.25, 0.3) is 0 Å². The van der Waals surface area contributed by atoms with Crippen LogP contribution in [0.3, 0.4) is 0 Å². The number of aromatic nitrogens is 2. The van der Waals surface area contributed by atoms with Gasteiger partial charge in [-0.2, -0.15) is 0 Å². The Balaban J connectivity index is 2.28. The Morgan fingerprint density at radius 2 is 2.29 bits per heavy atom. The molecule has 1 aromatic carbocycles. The number of nitrogens with zero attached hydrogens (tertiary/aromatic N) is 2. The predicted octanol–water partition coefficient (Wildman–Crippen LogP) is 2.21. The Bertz CT molecular complexity index is 461. The van der Waals surface area contributed by atoms with Gasteiger partial charge in [0, 0.05) is 6.54 Å². The van der Waals surface area contributed by atoms with E-state index in [1.165, 1.54) is 6.42 Å². The minimum Gasteiger partial charge on any atom is -0.491 e. The van der Waals surface area contributed by atoms with Crippen LogP contribution in [-0.4, -0.2) is 16.2 Å². The van der Waals surface area contributed by atoms with E-state index >= 15 is 0 Å². The average molecular weight is 188 g/mol. The number of ether oxygens (including phenoxy) is 1. The van der Waals surface area contributed by atoms with Gasteiger partial charge in [-0.1, -0.05) is 6.07 Å². The maximum atomic E-state index is 5.70. The van der Waals surface area contributed by atoms with Gasteiger partial charge in [-0.25, -0.2) is 4.98 Å². The van der Waals surface area contributed by atoms with E-state index < -0.39 is 0 Å². The van der Waals surface area contributed by atoms with Crippen molar-refractivity contribution in [2.24, 2.45) is 0 Å². The van der Waals surface area contributed by atoms with Gasteiger partial charge in [-0.05, 0) is 25.0 Å². The number of rotatable bonds is 0. The number of benzene rings is 1. The molecule has 3 rings (SSSR count). The summed E-state index contributed by atoms with van der Waals surface area (Å²) in [7, 11) is 0. The van der Waals surface area contributed by atoms with Gasteiger partial charge >= 0.3 is 0 Å². The average Bonchev–Trinajstić information content (AvgIpc) is 2.57. The first-order chi connectivity index (χ1) is 6.95. The number of aryl methyl sites for hydroxylation is 1. The first-order valence-electron chi connectivity index (χ1n) is 5.02. The Hall–Kier alpha value is -1.51. The van der Waals surface area contributed by atoms with Crippen LogP contribution in [0.25, 0.3) is 11.0 Å². The molecule has 0 fully saturated rings. The first-order valence-corrected chi connectivity index (χ1v) is 5.02. The largest absolute Gasteiger partial charge is 0.491 e. The van der Waals surface area contributed by atoms with Crippen LogP contribution in [0.5, 0.6) is 5.75 Å².